The van der Waals surface area contributed by atoms with Gasteiger partial charge in [0.15, 0.2) is 5.78 Å². The van der Waals surface area contributed by atoms with Crippen molar-refractivity contribution in [1.29, 1.82) is 0 Å². The molecule has 142 valence electrons. The van der Waals surface area contributed by atoms with Crippen LogP contribution in [0.1, 0.15) is 22.8 Å². The maximum atomic E-state index is 13.0. The third-order valence-corrected chi connectivity index (χ3v) is 5.01. The second-order valence-corrected chi connectivity index (χ2v) is 7.30. The molecular weight excluding hydrogens is 365 g/mol. The Balaban J connectivity index is 1.57. The van der Waals surface area contributed by atoms with Crippen molar-refractivity contribution in [2.24, 2.45) is 0 Å². The molecule has 0 amide bonds. The van der Waals surface area contributed by atoms with Gasteiger partial charge in [-0.2, -0.15) is 0 Å². The molecule has 1 heterocycles. The molecule has 0 spiro atoms. The largest absolute Gasteiger partial charge is 0.398 e. The first-order valence-corrected chi connectivity index (χ1v) is 9.30. The number of nitrogens with zero attached hydrogens (tertiary/aromatic N) is 2. The van der Waals surface area contributed by atoms with Crippen LogP contribution in [0.15, 0.2) is 54.7 Å². The molecule has 0 aliphatic carbocycles. The number of carbonyl (C=O) groups is 1. The Morgan fingerprint density at radius 1 is 1.26 bits per heavy atom. The number of allylic oxidation sites excluding steroid dienone is 1. The summed E-state index contributed by atoms with van der Waals surface area (Å²) in [6, 6.07) is 11.8. The van der Waals surface area contributed by atoms with Gasteiger partial charge in [-0.1, -0.05) is 23.7 Å². The molecule has 2 N–H and O–H groups in total. The average molecular weight is 388 g/mol. The molecule has 2 aromatic carbocycles. The number of halogens is 2. The highest BCUT2D eigenvalue weighted by Gasteiger charge is 2.21. The molecule has 1 atom stereocenters. The lowest BCUT2D eigenvalue weighted by molar-refractivity contribution is 0.103. The fourth-order valence-electron chi connectivity index (χ4n) is 3.27. The van der Waals surface area contributed by atoms with Crippen LogP contribution in [-0.2, 0) is 6.54 Å². The summed E-state index contributed by atoms with van der Waals surface area (Å²) in [4.78, 5) is 16.9. The maximum Gasteiger partial charge on any atom is 0.189 e. The quantitative estimate of drug-likeness (QED) is 0.479. The van der Waals surface area contributed by atoms with Gasteiger partial charge in [0.2, 0.25) is 0 Å². The Labute approximate surface area is 164 Å². The Morgan fingerprint density at radius 2 is 2.00 bits per heavy atom. The Kier molecular flexibility index (Phi) is 6.14. The summed E-state index contributed by atoms with van der Waals surface area (Å²) in [5.41, 5.74) is 7.81. The second kappa shape index (κ2) is 8.55. The fourth-order valence-corrected chi connectivity index (χ4v) is 3.45. The number of piperazine rings is 1. The van der Waals surface area contributed by atoms with Crippen LogP contribution >= 0.6 is 11.6 Å². The number of benzene rings is 2. The van der Waals surface area contributed by atoms with Crippen LogP contribution in [-0.4, -0.2) is 41.3 Å². The van der Waals surface area contributed by atoms with Crippen molar-refractivity contribution >= 4 is 23.1 Å². The van der Waals surface area contributed by atoms with Crippen LogP contribution in [0, 0.1) is 5.82 Å². The highest BCUT2D eigenvalue weighted by molar-refractivity contribution is 6.31. The van der Waals surface area contributed by atoms with Gasteiger partial charge < -0.3 is 10.6 Å². The highest BCUT2D eigenvalue weighted by Crippen LogP contribution is 2.19. The van der Waals surface area contributed by atoms with Gasteiger partial charge in [-0.05, 0) is 42.8 Å². The van der Waals surface area contributed by atoms with Gasteiger partial charge in [0.05, 0.1) is 0 Å². The number of hydrogen-bond acceptors (Lipinski definition) is 4. The van der Waals surface area contributed by atoms with Crippen molar-refractivity contribution in [3.05, 3.63) is 76.7 Å². The standard InChI is InChI=1S/C21H23ClFN3O/c1-15-13-25(14-16-2-5-18(23)6-3-16)10-11-26(15)9-8-21(27)19-7-4-17(22)12-20(19)24/h2-9,12,15H,10-11,13-14,24H2,1H3/t15-/m0/s1. The summed E-state index contributed by atoms with van der Waals surface area (Å²) in [5, 5.41) is 0.513. The number of carbonyl (C=O) groups excluding carboxylic acids is 1. The van der Waals surface area contributed by atoms with E-state index in [9.17, 15) is 9.18 Å². The first-order valence-electron chi connectivity index (χ1n) is 8.92. The summed E-state index contributed by atoms with van der Waals surface area (Å²) in [6.07, 6.45) is 3.40. The minimum Gasteiger partial charge on any atom is -0.398 e. The van der Waals surface area contributed by atoms with Crippen molar-refractivity contribution < 1.29 is 9.18 Å². The van der Waals surface area contributed by atoms with Crippen molar-refractivity contribution in [2.45, 2.75) is 19.5 Å². The fraction of sp³-hybridized carbons (Fsp3) is 0.286. The third-order valence-electron chi connectivity index (χ3n) is 4.78. The zero-order chi connectivity index (χ0) is 19.4. The van der Waals surface area contributed by atoms with Gasteiger partial charge in [0, 0.05) is 60.8 Å². The van der Waals surface area contributed by atoms with E-state index in [2.05, 4.69) is 16.7 Å². The minimum atomic E-state index is -0.215. The summed E-state index contributed by atoms with van der Waals surface area (Å²) >= 11 is 5.88. The van der Waals surface area contributed by atoms with Crippen LogP contribution in [0.4, 0.5) is 10.1 Å². The third kappa shape index (κ3) is 5.08. The first-order chi connectivity index (χ1) is 12.9. The minimum absolute atomic E-state index is 0.134. The van der Waals surface area contributed by atoms with Crippen LogP contribution in [0.2, 0.25) is 5.02 Å². The lowest BCUT2D eigenvalue weighted by atomic mass is 10.1. The van der Waals surface area contributed by atoms with E-state index >= 15 is 0 Å². The number of nitrogen functional groups attached to an aromatic ring is 1. The van der Waals surface area contributed by atoms with Gasteiger partial charge in [-0.3, -0.25) is 9.69 Å². The molecule has 1 aliphatic rings. The van der Waals surface area contributed by atoms with Crippen molar-refractivity contribution in [3.8, 4) is 0 Å². The van der Waals surface area contributed by atoms with E-state index in [-0.39, 0.29) is 17.6 Å². The van der Waals surface area contributed by atoms with Crippen molar-refractivity contribution in [2.75, 3.05) is 25.4 Å². The average Bonchev–Trinajstić information content (AvgIpc) is 2.63. The van der Waals surface area contributed by atoms with Crippen LogP contribution < -0.4 is 5.73 Å². The highest BCUT2D eigenvalue weighted by atomic mass is 35.5. The lowest BCUT2D eigenvalue weighted by Gasteiger charge is -2.39. The molecule has 0 aromatic heterocycles. The zero-order valence-electron chi connectivity index (χ0n) is 15.2. The molecule has 0 bridgehead atoms. The Morgan fingerprint density at radius 3 is 2.67 bits per heavy atom. The molecular formula is C21H23ClFN3O. The van der Waals surface area contributed by atoms with Gasteiger partial charge in [-0.25, -0.2) is 4.39 Å². The van der Waals surface area contributed by atoms with Crippen LogP contribution in [0.3, 0.4) is 0 Å². The molecule has 0 unspecified atom stereocenters. The molecule has 27 heavy (non-hydrogen) atoms. The van der Waals surface area contributed by atoms with Gasteiger partial charge in [-0.15, -0.1) is 0 Å². The van der Waals surface area contributed by atoms with E-state index in [1.54, 1.807) is 24.3 Å². The number of anilines is 1. The molecule has 0 saturated carbocycles. The summed E-state index contributed by atoms with van der Waals surface area (Å²) in [7, 11) is 0. The molecule has 1 saturated heterocycles. The van der Waals surface area contributed by atoms with Crippen LogP contribution in [0.25, 0.3) is 0 Å². The zero-order valence-corrected chi connectivity index (χ0v) is 16.0. The monoisotopic (exact) mass is 387 g/mol. The van der Waals surface area contributed by atoms with Crippen molar-refractivity contribution in [3.63, 3.8) is 0 Å². The molecule has 1 aliphatic heterocycles. The predicted octanol–water partition coefficient (Wildman–Crippen LogP) is 3.96. The van der Waals surface area contributed by atoms with Gasteiger partial charge in [0.25, 0.3) is 0 Å². The first kappa shape index (κ1) is 19.4. The number of rotatable bonds is 5. The molecule has 6 heteroatoms. The van der Waals surface area contributed by atoms with E-state index in [1.807, 2.05) is 18.3 Å². The summed E-state index contributed by atoms with van der Waals surface area (Å²) in [6.45, 7) is 5.50. The molecule has 3 rings (SSSR count). The van der Waals surface area contributed by atoms with Gasteiger partial charge in [0.1, 0.15) is 5.82 Å². The van der Waals surface area contributed by atoms with E-state index in [0.717, 1.165) is 31.7 Å². The summed E-state index contributed by atoms with van der Waals surface area (Å²) < 4.78 is 13.0. The van der Waals surface area contributed by atoms with E-state index in [0.29, 0.717) is 16.3 Å². The Hall–Kier alpha value is -2.37. The second-order valence-electron chi connectivity index (χ2n) is 6.86. The number of ketones is 1. The normalized spacial score (nSPS) is 18.2. The topological polar surface area (TPSA) is 49.6 Å². The van der Waals surface area contributed by atoms with Crippen molar-refractivity contribution in [1.82, 2.24) is 9.80 Å². The molecule has 4 nitrogen and oxygen atoms in total. The predicted molar refractivity (Wildman–Crippen MR) is 107 cm³/mol. The number of hydrogen-bond donors (Lipinski definition) is 1. The molecule has 1 fully saturated rings. The summed E-state index contributed by atoms with van der Waals surface area (Å²) in [5.74, 6) is -0.349. The molecule has 0 radical (unpaired) electrons. The molecule has 2 aromatic rings. The lowest BCUT2D eigenvalue weighted by Crippen LogP contribution is -2.49. The smallest absolute Gasteiger partial charge is 0.189 e. The van der Waals surface area contributed by atoms with Gasteiger partial charge >= 0.3 is 0 Å². The van der Waals surface area contributed by atoms with E-state index in [1.165, 1.54) is 12.1 Å². The number of nitrogens with two attached hydrogens (primary N) is 1. The maximum absolute atomic E-state index is 13.0. The SMILES string of the molecule is C[C@H]1CN(Cc2ccc(F)cc2)CCN1C=CC(=O)c1ccc(Cl)cc1N. The Bertz CT molecular complexity index is 838. The van der Waals surface area contributed by atoms with Crippen LogP contribution in [0.5, 0.6) is 0 Å². The van der Waals surface area contributed by atoms with E-state index < -0.39 is 0 Å². The van der Waals surface area contributed by atoms with E-state index in [4.69, 9.17) is 17.3 Å².